The molecule has 1 unspecified atom stereocenters. The lowest BCUT2D eigenvalue weighted by Crippen LogP contribution is -2.58. The van der Waals surface area contributed by atoms with Crippen molar-refractivity contribution in [1.29, 1.82) is 0 Å². The van der Waals surface area contributed by atoms with Crippen molar-refractivity contribution in [3.63, 3.8) is 0 Å². The molecule has 0 aliphatic heterocycles. The number of rotatable bonds is 7. The van der Waals surface area contributed by atoms with E-state index < -0.39 is 0 Å². The van der Waals surface area contributed by atoms with Crippen molar-refractivity contribution < 1.29 is 0 Å². The summed E-state index contributed by atoms with van der Waals surface area (Å²) in [5.74, 6) is 0. The van der Waals surface area contributed by atoms with Crippen molar-refractivity contribution in [2.24, 2.45) is 5.41 Å². The van der Waals surface area contributed by atoms with Gasteiger partial charge < -0.3 is 5.32 Å². The predicted molar refractivity (Wildman–Crippen MR) is 69.0 cm³/mol. The highest BCUT2D eigenvalue weighted by atomic mass is 15.2. The average molecular weight is 214 g/mol. The van der Waals surface area contributed by atoms with Gasteiger partial charge in [-0.2, -0.15) is 0 Å². The molecule has 0 saturated carbocycles. The van der Waals surface area contributed by atoms with Gasteiger partial charge in [0.2, 0.25) is 0 Å². The molecule has 0 aliphatic rings. The van der Waals surface area contributed by atoms with Crippen LogP contribution in [0.15, 0.2) is 0 Å². The van der Waals surface area contributed by atoms with Crippen LogP contribution >= 0.6 is 0 Å². The molecular formula is C13H30N2. The van der Waals surface area contributed by atoms with Gasteiger partial charge in [0, 0.05) is 5.54 Å². The first-order valence-corrected chi connectivity index (χ1v) is 6.30. The summed E-state index contributed by atoms with van der Waals surface area (Å²) < 4.78 is 0. The highest BCUT2D eigenvalue weighted by molar-refractivity contribution is 4.87. The lowest BCUT2D eigenvalue weighted by molar-refractivity contribution is 0.154. The highest BCUT2D eigenvalue weighted by Crippen LogP contribution is 2.25. The fourth-order valence-corrected chi connectivity index (χ4v) is 1.42. The normalized spacial score (nSPS) is 15.4. The number of hydrogen-bond donors (Lipinski definition) is 2. The first-order chi connectivity index (χ1) is 6.79. The molecule has 2 nitrogen and oxygen atoms in total. The topological polar surface area (TPSA) is 24.1 Å². The van der Waals surface area contributed by atoms with Crippen molar-refractivity contribution in [1.82, 2.24) is 10.6 Å². The Labute approximate surface area is 96.2 Å². The standard InChI is InChI=1S/C13H30N2/c1-8-12(4,5)11(14-10-3)15-13(6,7)9-2/h11,14-15H,8-10H2,1-7H3. The van der Waals surface area contributed by atoms with Crippen LogP contribution in [0.5, 0.6) is 0 Å². The predicted octanol–water partition coefficient (Wildman–Crippen LogP) is 3.14. The fourth-order valence-electron chi connectivity index (χ4n) is 1.42. The van der Waals surface area contributed by atoms with Crippen LogP contribution in [0.3, 0.4) is 0 Å². The van der Waals surface area contributed by atoms with Gasteiger partial charge in [0.15, 0.2) is 0 Å². The summed E-state index contributed by atoms with van der Waals surface area (Å²) >= 11 is 0. The Morgan fingerprint density at radius 3 is 1.80 bits per heavy atom. The molecule has 0 aromatic carbocycles. The van der Waals surface area contributed by atoms with Gasteiger partial charge in [-0.1, -0.05) is 34.6 Å². The lowest BCUT2D eigenvalue weighted by Gasteiger charge is -2.40. The van der Waals surface area contributed by atoms with Gasteiger partial charge in [0.05, 0.1) is 6.17 Å². The van der Waals surface area contributed by atoms with Crippen LogP contribution in [0.1, 0.15) is 61.3 Å². The summed E-state index contributed by atoms with van der Waals surface area (Å²) in [5, 5.41) is 7.28. The monoisotopic (exact) mass is 214 g/mol. The summed E-state index contributed by atoms with van der Waals surface area (Å²) in [6, 6.07) is 0. The molecule has 0 fully saturated rings. The van der Waals surface area contributed by atoms with Gasteiger partial charge >= 0.3 is 0 Å². The highest BCUT2D eigenvalue weighted by Gasteiger charge is 2.30. The zero-order valence-corrected chi connectivity index (χ0v) is 11.7. The zero-order valence-electron chi connectivity index (χ0n) is 11.7. The maximum atomic E-state index is 3.72. The second-order valence-electron chi connectivity index (χ2n) is 5.71. The SMILES string of the molecule is CCNC(NC(C)(C)CC)C(C)(C)CC. The van der Waals surface area contributed by atoms with E-state index in [-0.39, 0.29) is 5.54 Å². The number of hydrogen-bond acceptors (Lipinski definition) is 2. The van der Waals surface area contributed by atoms with E-state index in [1.165, 1.54) is 6.42 Å². The Bertz CT molecular complexity index is 173. The Hall–Kier alpha value is -0.0800. The first-order valence-electron chi connectivity index (χ1n) is 6.30. The van der Waals surface area contributed by atoms with E-state index in [2.05, 4.69) is 59.1 Å². The summed E-state index contributed by atoms with van der Waals surface area (Å²) in [7, 11) is 0. The molecule has 1 atom stereocenters. The summed E-state index contributed by atoms with van der Waals surface area (Å²) in [5.41, 5.74) is 0.502. The van der Waals surface area contributed by atoms with Crippen molar-refractivity contribution >= 4 is 0 Å². The molecule has 92 valence electrons. The van der Waals surface area contributed by atoms with E-state index in [9.17, 15) is 0 Å². The molecule has 0 bridgehead atoms. The molecule has 0 spiro atoms. The van der Waals surface area contributed by atoms with Gasteiger partial charge in [0.25, 0.3) is 0 Å². The smallest absolute Gasteiger partial charge is 0.0628 e. The van der Waals surface area contributed by atoms with Gasteiger partial charge in [-0.3, -0.25) is 5.32 Å². The third-order valence-electron chi connectivity index (χ3n) is 3.52. The molecule has 0 heterocycles. The minimum atomic E-state index is 0.208. The quantitative estimate of drug-likeness (QED) is 0.636. The summed E-state index contributed by atoms with van der Waals surface area (Å²) in [4.78, 5) is 0. The largest absolute Gasteiger partial charge is 0.302 e. The van der Waals surface area contributed by atoms with Gasteiger partial charge in [0.1, 0.15) is 0 Å². The van der Waals surface area contributed by atoms with Gasteiger partial charge in [-0.15, -0.1) is 0 Å². The lowest BCUT2D eigenvalue weighted by atomic mass is 9.84. The molecule has 0 rings (SSSR count). The Morgan fingerprint density at radius 1 is 0.933 bits per heavy atom. The molecule has 2 N–H and O–H groups in total. The van der Waals surface area contributed by atoms with Crippen LogP contribution < -0.4 is 10.6 Å². The fraction of sp³-hybridized carbons (Fsp3) is 1.00. The van der Waals surface area contributed by atoms with E-state index in [0.29, 0.717) is 11.6 Å². The van der Waals surface area contributed by atoms with Gasteiger partial charge in [-0.05, 0) is 38.6 Å². The minimum absolute atomic E-state index is 0.208. The maximum Gasteiger partial charge on any atom is 0.0628 e. The van der Waals surface area contributed by atoms with E-state index in [1.807, 2.05) is 0 Å². The molecule has 0 aromatic rings. The zero-order chi connectivity index (χ0) is 12.1. The maximum absolute atomic E-state index is 3.72. The van der Waals surface area contributed by atoms with Crippen molar-refractivity contribution in [2.75, 3.05) is 6.54 Å². The molecule has 0 aliphatic carbocycles. The van der Waals surface area contributed by atoms with Crippen molar-refractivity contribution in [3.05, 3.63) is 0 Å². The van der Waals surface area contributed by atoms with Crippen LogP contribution in [0.2, 0.25) is 0 Å². The van der Waals surface area contributed by atoms with E-state index >= 15 is 0 Å². The molecule has 0 aromatic heterocycles. The van der Waals surface area contributed by atoms with Crippen LogP contribution in [0.25, 0.3) is 0 Å². The van der Waals surface area contributed by atoms with E-state index in [1.54, 1.807) is 0 Å². The second kappa shape index (κ2) is 5.86. The average Bonchev–Trinajstić information content (AvgIpc) is 2.17. The molecule has 2 heteroatoms. The Kier molecular flexibility index (Phi) is 5.82. The summed E-state index contributed by atoms with van der Waals surface area (Å²) in [6.45, 7) is 16.8. The van der Waals surface area contributed by atoms with Crippen LogP contribution in [-0.2, 0) is 0 Å². The minimum Gasteiger partial charge on any atom is -0.302 e. The van der Waals surface area contributed by atoms with Crippen LogP contribution in [0.4, 0.5) is 0 Å². The van der Waals surface area contributed by atoms with Crippen molar-refractivity contribution in [2.45, 2.75) is 73.0 Å². The van der Waals surface area contributed by atoms with E-state index in [4.69, 9.17) is 0 Å². The third kappa shape index (κ3) is 4.98. The van der Waals surface area contributed by atoms with Crippen LogP contribution in [0, 0.1) is 5.41 Å². The molecule has 15 heavy (non-hydrogen) atoms. The molecular weight excluding hydrogens is 184 g/mol. The Balaban J connectivity index is 4.53. The number of nitrogens with one attached hydrogen (secondary N) is 2. The van der Waals surface area contributed by atoms with E-state index in [0.717, 1.165) is 13.0 Å². The first kappa shape index (κ1) is 14.9. The molecule has 0 amide bonds. The van der Waals surface area contributed by atoms with Crippen LogP contribution in [-0.4, -0.2) is 18.2 Å². The van der Waals surface area contributed by atoms with Crippen molar-refractivity contribution in [3.8, 4) is 0 Å². The Morgan fingerprint density at radius 2 is 1.47 bits per heavy atom. The second-order valence-corrected chi connectivity index (χ2v) is 5.71. The molecule has 0 saturated heterocycles. The third-order valence-corrected chi connectivity index (χ3v) is 3.52. The summed E-state index contributed by atoms with van der Waals surface area (Å²) in [6.07, 6.45) is 2.72. The molecule has 0 radical (unpaired) electrons. The van der Waals surface area contributed by atoms with Gasteiger partial charge in [-0.25, -0.2) is 0 Å².